The molecule has 3 aromatic rings. The molecule has 194 valence electrons. The molecule has 6 nitrogen and oxygen atoms in total. The number of nitrogens with zero attached hydrogens (tertiary/aromatic N) is 2. The van der Waals surface area contributed by atoms with Crippen molar-refractivity contribution in [3.63, 3.8) is 0 Å². The number of nitrogens with one attached hydrogen (secondary N) is 2. The van der Waals surface area contributed by atoms with Gasteiger partial charge >= 0.3 is 0 Å². The van der Waals surface area contributed by atoms with Gasteiger partial charge in [-0.3, -0.25) is 9.79 Å². The fraction of sp³-hybridized carbons (Fsp3) is 0.290. The molecule has 0 aliphatic heterocycles. The SMILES string of the molecule is CC12CC(C=N)C(=Nc3ccc(F)cc3)C=C1CCC2CC(NC(=O)c1ncccc1O)c1ccccc1. The second kappa shape index (κ2) is 10.7. The number of hydrogen-bond donors (Lipinski definition) is 3. The van der Waals surface area contributed by atoms with Crippen molar-refractivity contribution in [2.75, 3.05) is 0 Å². The highest BCUT2D eigenvalue weighted by atomic mass is 19.1. The zero-order valence-corrected chi connectivity index (χ0v) is 21.3. The Kier molecular flexibility index (Phi) is 7.18. The molecule has 3 N–H and O–H groups in total. The highest BCUT2D eigenvalue weighted by molar-refractivity contribution is 6.08. The van der Waals surface area contributed by atoms with E-state index in [0.717, 1.165) is 30.5 Å². The summed E-state index contributed by atoms with van der Waals surface area (Å²) < 4.78 is 13.4. The molecule has 2 aromatic carbocycles. The Balaban J connectivity index is 1.42. The number of carbonyl (C=O) groups excluding carboxylic acids is 1. The second-order valence-corrected chi connectivity index (χ2v) is 10.4. The lowest BCUT2D eigenvalue weighted by Crippen LogP contribution is -2.37. The van der Waals surface area contributed by atoms with E-state index in [2.05, 4.69) is 23.3 Å². The minimum absolute atomic E-state index is 0.00910. The van der Waals surface area contributed by atoms with Gasteiger partial charge in [0.1, 0.15) is 11.6 Å². The Bertz CT molecular complexity index is 1390. The van der Waals surface area contributed by atoms with Crippen LogP contribution in [0.3, 0.4) is 0 Å². The molecular weight excluding hydrogens is 479 g/mol. The van der Waals surface area contributed by atoms with Crippen molar-refractivity contribution in [3.8, 4) is 5.75 Å². The molecule has 4 unspecified atom stereocenters. The van der Waals surface area contributed by atoms with Crippen molar-refractivity contribution in [3.05, 3.63) is 102 Å². The summed E-state index contributed by atoms with van der Waals surface area (Å²) in [5.41, 5.74) is 3.67. The first-order chi connectivity index (χ1) is 18.4. The zero-order valence-electron chi connectivity index (χ0n) is 21.3. The van der Waals surface area contributed by atoms with Crippen LogP contribution in [0.5, 0.6) is 5.75 Å². The zero-order chi connectivity index (χ0) is 26.7. The summed E-state index contributed by atoms with van der Waals surface area (Å²) in [7, 11) is 0. The van der Waals surface area contributed by atoms with Crippen LogP contribution in [0.4, 0.5) is 10.1 Å². The van der Waals surface area contributed by atoms with Crippen molar-refractivity contribution in [1.29, 1.82) is 5.41 Å². The molecule has 1 saturated carbocycles. The average molecular weight is 511 g/mol. The normalized spacial score (nSPS) is 24.4. The van der Waals surface area contributed by atoms with Gasteiger partial charge in [0.05, 0.1) is 11.7 Å². The number of hydrogen-bond acceptors (Lipinski definition) is 5. The van der Waals surface area contributed by atoms with Crippen LogP contribution in [0, 0.1) is 28.5 Å². The van der Waals surface area contributed by atoms with E-state index < -0.39 is 5.91 Å². The van der Waals surface area contributed by atoms with Crippen molar-refractivity contribution in [2.24, 2.45) is 22.2 Å². The molecule has 2 aliphatic carbocycles. The Hall–Kier alpha value is -4.13. The van der Waals surface area contributed by atoms with E-state index in [9.17, 15) is 14.3 Å². The fourth-order valence-corrected chi connectivity index (χ4v) is 5.93. The van der Waals surface area contributed by atoms with E-state index >= 15 is 0 Å². The monoisotopic (exact) mass is 510 g/mol. The van der Waals surface area contributed by atoms with E-state index in [1.54, 1.807) is 18.2 Å². The highest BCUT2D eigenvalue weighted by Crippen LogP contribution is 2.56. The van der Waals surface area contributed by atoms with Gasteiger partial charge < -0.3 is 15.8 Å². The van der Waals surface area contributed by atoms with Gasteiger partial charge in [-0.05, 0) is 85.1 Å². The third kappa shape index (κ3) is 5.14. The van der Waals surface area contributed by atoms with Gasteiger partial charge in [0.2, 0.25) is 0 Å². The Morgan fingerprint density at radius 3 is 2.68 bits per heavy atom. The molecule has 1 heterocycles. The molecule has 1 amide bonds. The van der Waals surface area contributed by atoms with Gasteiger partial charge in [-0.25, -0.2) is 9.37 Å². The summed E-state index contributed by atoms with van der Waals surface area (Å²) in [5.74, 6) is -0.741. The third-order valence-corrected chi connectivity index (χ3v) is 8.06. The molecule has 1 aromatic heterocycles. The topological polar surface area (TPSA) is 98.4 Å². The summed E-state index contributed by atoms with van der Waals surface area (Å²) in [6, 6.07) is 18.7. The maximum Gasteiger partial charge on any atom is 0.274 e. The summed E-state index contributed by atoms with van der Waals surface area (Å²) in [6.07, 6.45) is 8.43. The molecule has 0 spiro atoms. The van der Waals surface area contributed by atoms with Crippen molar-refractivity contribution in [2.45, 2.75) is 38.6 Å². The minimum Gasteiger partial charge on any atom is -0.505 e. The first kappa shape index (κ1) is 25.5. The molecule has 2 aliphatic rings. The number of amides is 1. The summed E-state index contributed by atoms with van der Waals surface area (Å²) in [6.45, 7) is 2.26. The van der Waals surface area contributed by atoms with Crippen molar-refractivity contribution < 1.29 is 14.3 Å². The maximum absolute atomic E-state index is 13.4. The van der Waals surface area contributed by atoms with Gasteiger partial charge in [0, 0.05) is 24.0 Å². The number of rotatable bonds is 7. The number of aromatic nitrogens is 1. The lowest BCUT2D eigenvalue weighted by Gasteiger charge is -2.40. The lowest BCUT2D eigenvalue weighted by molar-refractivity contribution is 0.0914. The lowest BCUT2D eigenvalue weighted by atomic mass is 9.65. The molecule has 0 radical (unpaired) electrons. The molecule has 38 heavy (non-hydrogen) atoms. The highest BCUT2D eigenvalue weighted by Gasteiger charge is 2.47. The first-order valence-corrected chi connectivity index (χ1v) is 12.9. The third-order valence-electron chi connectivity index (χ3n) is 8.06. The van der Waals surface area contributed by atoms with Crippen LogP contribution in [-0.4, -0.2) is 27.9 Å². The van der Waals surface area contributed by atoms with E-state index in [1.165, 1.54) is 36.2 Å². The van der Waals surface area contributed by atoms with E-state index in [-0.39, 0.29) is 40.6 Å². The van der Waals surface area contributed by atoms with Gasteiger partial charge in [-0.1, -0.05) is 42.8 Å². The summed E-state index contributed by atoms with van der Waals surface area (Å²) in [4.78, 5) is 21.9. The molecule has 4 atom stereocenters. The van der Waals surface area contributed by atoms with Gasteiger partial charge in [-0.15, -0.1) is 0 Å². The first-order valence-electron chi connectivity index (χ1n) is 12.9. The van der Waals surface area contributed by atoms with Gasteiger partial charge in [-0.2, -0.15) is 0 Å². The molecular formula is C31H31FN4O2. The van der Waals surface area contributed by atoms with Crippen LogP contribution >= 0.6 is 0 Å². The quantitative estimate of drug-likeness (QED) is 0.313. The summed E-state index contributed by atoms with van der Waals surface area (Å²) >= 11 is 0. The predicted molar refractivity (Wildman–Crippen MR) is 146 cm³/mol. The van der Waals surface area contributed by atoms with Crippen LogP contribution in [0.2, 0.25) is 0 Å². The van der Waals surface area contributed by atoms with Crippen LogP contribution in [0.25, 0.3) is 0 Å². The smallest absolute Gasteiger partial charge is 0.274 e. The van der Waals surface area contributed by atoms with Crippen molar-refractivity contribution >= 4 is 23.5 Å². The number of pyridine rings is 1. The standard InChI is InChI=1S/C31H31FN4O2/c1-31-18-21(19-33)27(35-25-13-11-24(32)12-14-25)17-23(31)10-9-22(31)16-26(20-6-3-2-4-7-20)36-30(38)29-28(37)8-5-15-34-29/h2-8,11-15,17,19,21-22,26,33,37H,9-10,16,18H2,1H3,(H,36,38). The Morgan fingerprint density at radius 1 is 1.21 bits per heavy atom. The minimum atomic E-state index is -0.411. The molecule has 7 heteroatoms. The van der Waals surface area contributed by atoms with Crippen LogP contribution in [-0.2, 0) is 0 Å². The predicted octanol–water partition coefficient (Wildman–Crippen LogP) is 6.57. The number of allylic oxidation sites excluding steroid dienone is 2. The average Bonchev–Trinajstić information content (AvgIpc) is 3.24. The number of benzene rings is 2. The Morgan fingerprint density at radius 2 is 1.97 bits per heavy atom. The van der Waals surface area contributed by atoms with E-state index in [1.807, 2.05) is 30.3 Å². The van der Waals surface area contributed by atoms with E-state index in [4.69, 9.17) is 10.4 Å². The fourth-order valence-electron chi connectivity index (χ4n) is 5.93. The van der Waals surface area contributed by atoms with Crippen LogP contribution in [0.15, 0.2) is 89.6 Å². The van der Waals surface area contributed by atoms with Gasteiger partial charge in [0.15, 0.2) is 5.69 Å². The largest absolute Gasteiger partial charge is 0.505 e. The second-order valence-electron chi connectivity index (χ2n) is 10.4. The number of aromatic hydroxyl groups is 1. The van der Waals surface area contributed by atoms with Gasteiger partial charge in [0.25, 0.3) is 5.91 Å². The van der Waals surface area contributed by atoms with Crippen LogP contribution in [0.1, 0.15) is 54.7 Å². The Labute approximate surface area is 221 Å². The number of aliphatic imine (C=N–C) groups is 1. The van der Waals surface area contributed by atoms with E-state index in [0.29, 0.717) is 12.1 Å². The maximum atomic E-state index is 13.4. The molecule has 0 saturated heterocycles. The number of carbonyl (C=O) groups is 1. The molecule has 1 fully saturated rings. The van der Waals surface area contributed by atoms with Crippen LogP contribution < -0.4 is 5.32 Å². The number of fused-ring (bicyclic) bond motifs is 1. The molecule has 5 rings (SSSR count). The summed E-state index contributed by atoms with van der Waals surface area (Å²) in [5, 5.41) is 21.4. The van der Waals surface area contributed by atoms with Crippen molar-refractivity contribution in [1.82, 2.24) is 10.3 Å². The number of halogens is 1. The molecule has 0 bridgehead atoms.